The number of carbonyl (C=O) groups is 3. The smallest absolute Gasteiger partial charge is 0.253 e. The van der Waals surface area contributed by atoms with Gasteiger partial charge in [0.25, 0.3) is 5.91 Å². The van der Waals surface area contributed by atoms with E-state index in [4.69, 9.17) is 0 Å². The molecule has 5 nitrogen and oxygen atoms in total. The third-order valence-electron chi connectivity index (χ3n) is 2.53. The molecule has 92 valence electrons. The number of hydrogen-bond donors (Lipinski definition) is 1. The van der Waals surface area contributed by atoms with Crippen molar-refractivity contribution in [3.63, 3.8) is 0 Å². The summed E-state index contributed by atoms with van der Waals surface area (Å²) in [6.45, 7) is 0. The zero-order chi connectivity index (χ0) is 12.4. The molecule has 2 aliphatic rings. The molecule has 7 heteroatoms. The number of amides is 2. The highest BCUT2D eigenvalue weighted by Gasteiger charge is 2.48. The molecule has 1 fully saturated rings. The van der Waals surface area contributed by atoms with E-state index in [0.717, 1.165) is 5.75 Å². The minimum atomic E-state index is -0.486. The lowest BCUT2D eigenvalue weighted by atomic mass is 10.1. The van der Waals surface area contributed by atoms with Crippen molar-refractivity contribution in [3.8, 4) is 0 Å². The van der Waals surface area contributed by atoms with Gasteiger partial charge in [0.2, 0.25) is 5.91 Å². The molecule has 0 aliphatic carbocycles. The highest BCUT2D eigenvalue weighted by atomic mass is 79.9. The normalized spacial score (nSPS) is 26.2. The van der Waals surface area contributed by atoms with E-state index in [1.165, 1.54) is 0 Å². The third-order valence-corrected chi connectivity index (χ3v) is 4.38. The van der Waals surface area contributed by atoms with E-state index in [0.29, 0.717) is 0 Å². The minimum absolute atomic E-state index is 0.0180. The van der Waals surface area contributed by atoms with Crippen LogP contribution in [0.5, 0.6) is 0 Å². The molecule has 2 amide bonds. The van der Waals surface area contributed by atoms with Gasteiger partial charge in [-0.1, -0.05) is 22.0 Å². The van der Waals surface area contributed by atoms with E-state index in [2.05, 4.69) is 21.2 Å². The molecule has 2 atom stereocenters. The van der Waals surface area contributed by atoms with Crippen LogP contribution in [0.4, 0.5) is 0 Å². The topological polar surface area (TPSA) is 66.5 Å². The van der Waals surface area contributed by atoms with Crippen LogP contribution < -0.4 is 5.32 Å². The fourth-order valence-electron chi connectivity index (χ4n) is 1.72. The van der Waals surface area contributed by atoms with Gasteiger partial charge in [0.1, 0.15) is 11.4 Å². The molecular formula is C10H11BrN2O3S. The fourth-order valence-corrected chi connectivity index (χ4v) is 3.02. The van der Waals surface area contributed by atoms with Crippen LogP contribution >= 0.6 is 27.7 Å². The van der Waals surface area contributed by atoms with Gasteiger partial charge in [0, 0.05) is 12.0 Å². The quantitative estimate of drug-likeness (QED) is 0.458. The Bertz CT molecular complexity index is 399. The summed E-state index contributed by atoms with van der Waals surface area (Å²) in [4.78, 5) is 35.8. The summed E-state index contributed by atoms with van der Waals surface area (Å²) in [7, 11) is 0. The number of nitrogens with one attached hydrogen (secondary N) is 1. The summed E-state index contributed by atoms with van der Waals surface area (Å²) in [6.07, 6.45) is 3.48. The Labute approximate surface area is 111 Å². The Balaban J connectivity index is 1.88. The number of alkyl halides is 1. The first-order valence-electron chi connectivity index (χ1n) is 5.11. The molecule has 0 aromatic heterocycles. The number of halogens is 1. The summed E-state index contributed by atoms with van der Waals surface area (Å²) in [5, 5.41) is 2.74. The maximum absolute atomic E-state index is 11.6. The zero-order valence-electron chi connectivity index (χ0n) is 8.89. The molecule has 0 aromatic rings. The minimum Gasteiger partial charge on any atom is -0.341 e. The molecule has 17 heavy (non-hydrogen) atoms. The Morgan fingerprint density at radius 2 is 2.35 bits per heavy atom. The summed E-state index contributed by atoms with van der Waals surface area (Å²) in [5.41, 5.74) is 0. The number of carbonyl (C=O) groups excluding carboxylic acids is 3. The number of Topliss-reactive ketones (excluding diaryl/α,β-unsaturated/α-hetero) is 1. The average Bonchev–Trinajstić information content (AvgIpc) is 2.35. The molecule has 0 aromatic carbocycles. The van der Waals surface area contributed by atoms with Gasteiger partial charge in [-0.15, -0.1) is 11.8 Å². The highest BCUT2D eigenvalue weighted by molar-refractivity contribution is 9.09. The van der Waals surface area contributed by atoms with E-state index in [1.807, 2.05) is 6.08 Å². The monoisotopic (exact) mass is 318 g/mol. The van der Waals surface area contributed by atoms with Crippen LogP contribution in [0.1, 0.15) is 6.42 Å². The first-order chi connectivity index (χ1) is 8.13. The van der Waals surface area contributed by atoms with E-state index in [-0.39, 0.29) is 34.7 Å². The first kappa shape index (κ1) is 12.6. The molecule has 0 spiro atoms. The van der Waals surface area contributed by atoms with Crippen molar-refractivity contribution < 1.29 is 14.4 Å². The average molecular weight is 319 g/mol. The molecule has 0 radical (unpaired) electrons. The summed E-state index contributed by atoms with van der Waals surface area (Å²) < 4.78 is 0. The van der Waals surface area contributed by atoms with Gasteiger partial charge in [0.05, 0.1) is 11.8 Å². The van der Waals surface area contributed by atoms with E-state index in [1.54, 1.807) is 22.9 Å². The molecule has 1 saturated heterocycles. The van der Waals surface area contributed by atoms with Crippen LogP contribution in [0.15, 0.2) is 12.3 Å². The zero-order valence-corrected chi connectivity index (χ0v) is 11.3. The first-order valence-corrected chi connectivity index (χ1v) is 7.28. The molecule has 2 rings (SSSR count). The van der Waals surface area contributed by atoms with Crippen molar-refractivity contribution in [1.29, 1.82) is 0 Å². The lowest BCUT2D eigenvalue weighted by molar-refractivity contribution is -0.145. The molecule has 0 saturated carbocycles. The van der Waals surface area contributed by atoms with Gasteiger partial charge < -0.3 is 10.2 Å². The van der Waals surface area contributed by atoms with Crippen LogP contribution in [0, 0.1) is 0 Å². The van der Waals surface area contributed by atoms with Crippen LogP contribution in [0.2, 0.25) is 0 Å². The Hall–Kier alpha value is -0.820. The second kappa shape index (κ2) is 5.22. The summed E-state index contributed by atoms with van der Waals surface area (Å²) in [5.74, 6) is 0.143. The molecule has 1 N–H and O–H groups in total. The third kappa shape index (κ3) is 2.55. The summed E-state index contributed by atoms with van der Waals surface area (Å²) in [6, 6.07) is -0.486. The second-order valence-corrected chi connectivity index (χ2v) is 5.46. The lowest BCUT2D eigenvalue weighted by Gasteiger charge is -2.46. The second-order valence-electron chi connectivity index (χ2n) is 3.75. The van der Waals surface area contributed by atoms with Gasteiger partial charge in [-0.3, -0.25) is 14.4 Å². The number of fused-ring (bicyclic) bond motifs is 1. The van der Waals surface area contributed by atoms with Crippen molar-refractivity contribution in [1.82, 2.24) is 10.2 Å². The number of thioether (sulfide) groups is 1. The molecular weight excluding hydrogens is 308 g/mol. The molecule has 0 bridgehead atoms. The number of ketones is 1. The Kier molecular flexibility index (Phi) is 3.88. The van der Waals surface area contributed by atoms with Gasteiger partial charge in [0.15, 0.2) is 5.78 Å². The predicted octanol–water partition coefficient (Wildman–Crippen LogP) is 0.254. The van der Waals surface area contributed by atoms with Gasteiger partial charge in [-0.25, -0.2) is 0 Å². The number of β-lactam (4-membered cyclic amide) rings is 1. The maximum Gasteiger partial charge on any atom is 0.253 e. The maximum atomic E-state index is 11.6. The van der Waals surface area contributed by atoms with Gasteiger partial charge in [-0.2, -0.15) is 0 Å². The van der Waals surface area contributed by atoms with Crippen LogP contribution in [0.25, 0.3) is 0 Å². The Morgan fingerprint density at radius 3 is 3.06 bits per heavy atom. The number of nitrogens with zero attached hydrogens (tertiary/aromatic N) is 1. The van der Waals surface area contributed by atoms with E-state index >= 15 is 0 Å². The van der Waals surface area contributed by atoms with Crippen LogP contribution in [-0.4, -0.2) is 45.0 Å². The van der Waals surface area contributed by atoms with Crippen molar-refractivity contribution >= 4 is 45.3 Å². The van der Waals surface area contributed by atoms with Crippen molar-refractivity contribution in [2.75, 3.05) is 11.1 Å². The van der Waals surface area contributed by atoms with Crippen molar-refractivity contribution in [2.24, 2.45) is 0 Å². The highest BCUT2D eigenvalue weighted by Crippen LogP contribution is 2.33. The number of rotatable bonds is 4. The molecule has 2 aliphatic heterocycles. The lowest BCUT2D eigenvalue weighted by Crippen LogP contribution is -2.68. The molecule has 2 heterocycles. The predicted molar refractivity (Wildman–Crippen MR) is 67.6 cm³/mol. The fraction of sp³-hybridized carbons (Fsp3) is 0.500. The Morgan fingerprint density at radius 1 is 1.59 bits per heavy atom. The van der Waals surface area contributed by atoms with Crippen LogP contribution in [0.3, 0.4) is 0 Å². The van der Waals surface area contributed by atoms with Gasteiger partial charge >= 0.3 is 0 Å². The van der Waals surface area contributed by atoms with E-state index < -0.39 is 6.04 Å². The standard InChI is InChI=1S/C10H11BrN2O3S/c11-5-6(14)4-7(15)12-8-9(16)13-2-1-3-17-10(8)13/h1-2,8,10H,3-5H2,(H,12,15)/t8?,10-/m0/s1. The SMILES string of the molecule is O=C(CBr)CC(=O)NC1C(=O)N2C=CCS[C@@H]12. The van der Waals surface area contributed by atoms with Crippen LogP contribution in [-0.2, 0) is 14.4 Å². The molecule has 1 unspecified atom stereocenters. The largest absolute Gasteiger partial charge is 0.341 e. The van der Waals surface area contributed by atoms with E-state index in [9.17, 15) is 14.4 Å². The van der Waals surface area contributed by atoms with Gasteiger partial charge in [-0.05, 0) is 0 Å². The summed E-state index contributed by atoms with van der Waals surface area (Å²) >= 11 is 4.59. The van der Waals surface area contributed by atoms with Crippen molar-refractivity contribution in [2.45, 2.75) is 17.8 Å². The van der Waals surface area contributed by atoms with Crippen molar-refractivity contribution in [3.05, 3.63) is 12.3 Å². The number of hydrogen-bond acceptors (Lipinski definition) is 4.